The molecule has 0 heterocycles. The molecular weight excluding hydrogens is 481 g/mol. The number of rotatable bonds is 11. The van der Waals surface area contributed by atoms with Crippen LogP contribution in [-0.4, -0.2) is 50.8 Å². The molecule has 0 aromatic heterocycles. The summed E-state index contributed by atoms with van der Waals surface area (Å²) >= 11 is 0. The van der Waals surface area contributed by atoms with Crippen LogP contribution in [0.3, 0.4) is 0 Å². The lowest BCUT2D eigenvalue weighted by molar-refractivity contribution is -0.138. The van der Waals surface area contributed by atoms with E-state index in [1.54, 1.807) is 32.0 Å². The third-order valence-electron chi connectivity index (χ3n) is 5.73. The van der Waals surface area contributed by atoms with Crippen LogP contribution < -0.4 is 9.62 Å². The van der Waals surface area contributed by atoms with E-state index in [-0.39, 0.29) is 23.0 Å². The van der Waals surface area contributed by atoms with Gasteiger partial charge in [-0.3, -0.25) is 13.9 Å². The van der Waals surface area contributed by atoms with Crippen molar-refractivity contribution < 1.29 is 22.4 Å². The van der Waals surface area contributed by atoms with Crippen LogP contribution in [0.5, 0.6) is 0 Å². The lowest BCUT2D eigenvalue weighted by Gasteiger charge is -2.32. The van der Waals surface area contributed by atoms with E-state index in [2.05, 4.69) is 5.32 Å². The number of hydrogen-bond acceptors (Lipinski definition) is 4. The van der Waals surface area contributed by atoms with Crippen molar-refractivity contribution in [2.75, 3.05) is 23.9 Å². The van der Waals surface area contributed by atoms with Crippen LogP contribution in [0.1, 0.15) is 19.4 Å². The molecule has 3 aromatic carbocycles. The average Bonchev–Trinajstić information content (AvgIpc) is 2.89. The van der Waals surface area contributed by atoms with Crippen molar-refractivity contribution in [3.63, 3.8) is 0 Å². The molecule has 7 nitrogen and oxygen atoms in total. The van der Waals surface area contributed by atoms with Gasteiger partial charge in [-0.2, -0.15) is 0 Å². The molecule has 190 valence electrons. The van der Waals surface area contributed by atoms with Crippen molar-refractivity contribution in [1.82, 2.24) is 10.2 Å². The van der Waals surface area contributed by atoms with E-state index in [9.17, 15) is 22.4 Å². The number of halogens is 1. The largest absolute Gasteiger partial charge is 0.355 e. The number of likely N-dealkylation sites (N-methyl/N-ethyl adjacent to an activating group) is 1. The van der Waals surface area contributed by atoms with Crippen molar-refractivity contribution in [3.8, 4) is 0 Å². The van der Waals surface area contributed by atoms with Crippen LogP contribution >= 0.6 is 0 Å². The highest BCUT2D eigenvalue weighted by Crippen LogP contribution is 2.26. The first-order chi connectivity index (χ1) is 17.3. The first kappa shape index (κ1) is 26.9. The van der Waals surface area contributed by atoms with Gasteiger partial charge in [0.15, 0.2) is 0 Å². The van der Waals surface area contributed by atoms with E-state index in [0.29, 0.717) is 13.0 Å². The Morgan fingerprint density at radius 1 is 0.917 bits per heavy atom. The van der Waals surface area contributed by atoms with Crippen LogP contribution in [0, 0.1) is 5.82 Å². The Balaban J connectivity index is 1.97. The number of benzene rings is 3. The molecule has 1 atom stereocenters. The maximum atomic E-state index is 14.8. The van der Waals surface area contributed by atoms with Gasteiger partial charge in [0.1, 0.15) is 18.4 Å². The summed E-state index contributed by atoms with van der Waals surface area (Å²) < 4.78 is 42.6. The Labute approximate surface area is 211 Å². The predicted octanol–water partition coefficient (Wildman–Crippen LogP) is 3.62. The van der Waals surface area contributed by atoms with Crippen LogP contribution in [0.25, 0.3) is 0 Å². The molecule has 3 rings (SSSR count). The highest BCUT2D eigenvalue weighted by atomic mass is 32.2. The Kier molecular flexibility index (Phi) is 9.19. The lowest BCUT2D eigenvalue weighted by atomic mass is 10.1. The fourth-order valence-electron chi connectivity index (χ4n) is 3.78. The van der Waals surface area contributed by atoms with E-state index < -0.39 is 34.3 Å². The van der Waals surface area contributed by atoms with Gasteiger partial charge in [-0.1, -0.05) is 60.7 Å². The fourth-order valence-corrected chi connectivity index (χ4v) is 5.22. The maximum absolute atomic E-state index is 14.8. The molecule has 3 aromatic rings. The summed E-state index contributed by atoms with van der Waals surface area (Å²) in [7, 11) is -4.28. The third kappa shape index (κ3) is 6.48. The molecule has 0 saturated carbocycles. The third-order valence-corrected chi connectivity index (χ3v) is 7.51. The smallest absolute Gasteiger partial charge is 0.264 e. The lowest BCUT2D eigenvalue weighted by Crippen LogP contribution is -2.52. The maximum Gasteiger partial charge on any atom is 0.264 e. The van der Waals surface area contributed by atoms with Crippen LogP contribution in [0.4, 0.5) is 10.1 Å². The number of nitrogens with zero attached hydrogens (tertiary/aromatic N) is 2. The number of sulfonamides is 1. The molecule has 0 spiro atoms. The van der Waals surface area contributed by atoms with Crippen LogP contribution in [-0.2, 0) is 26.0 Å². The van der Waals surface area contributed by atoms with Gasteiger partial charge < -0.3 is 10.2 Å². The van der Waals surface area contributed by atoms with E-state index in [1.165, 1.54) is 35.2 Å². The van der Waals surface area contributed by atoms with E-state index in [4.69, 9.17) is 0 Å². The van der Waals surface area contributed by atoms with Gasteiger partial charge in [0.25, 0.3) is 10.0 Å². The molecule has 0 aliphatic carbocycles. The van der Waals surface area contributed by atoms with Crippen LogP contribution in [0.15, 0.2) is 89.8 Å². The van der Waals surface area contributed by atoms with E-state index in [0.717, 1.165) is 15.9 Å². The summed E-state index contributed by atoms with van der Waals surface area (Å²) in [5.41, 5.74) is 0.713. The second kappa shape index (κ2) is 12.3. The number of carbonyl (C=O) groups excluding carboxylic acids is 2. The van der Waals surface area contributed by atoms with Gasteiger partial charge >= 0.3 is 0 Å². The summed E-state index contributed by atoms with van der Waals surface area (Å²) in [5.74, 6) is -1.76. The zero-order valence-electron chi connectivity index (χ0n) is 20.3. The van der Waals surface area contributed by atoms with Gasteiger partial charge in [0.2, 0.25) is 11.8 Å². The molecule has 0 aliphatic rings. The Bertz CT molecular complexity index is 1270. The molecule has 0 unspecified atom stereocenters. The van der Waals surface area contributed by atoms with Crippen molar-refractivity contribution in [3.05, 3.63) is 96.3 Å². The SMILES string of the molecule is CCNC(=O)[C@H](C)N(CCc1ccccc1)C(=O)CN(c1ccccc1F)S(=O)(=O)c1ccccc1. The van der Waals surface area contributed by atoms with E-state index >= 15 is 0 Å². The molecule has 9 heteroatoms. The number of nitrogens with one attached hydrogen (secondary N) is 1. The monoisotopic (exact) mass is 511 g/mol. The van der Waals surface area contributed by atoms with Gasteiger partial charge in [0.05, 0.1) is 10.6 Å². The topological polar surface area (TPSA) is 86.8 Å². The summed E-state index contributed by atoms with van der Waals surface area (Å²) in [4.78, 5) is 27.5. The van der Waals surface area contributed by atoms with Gasteiger partial charge in [-0.15, -0.1) is 0 Å². The molecule has 0 aliphatic heterocycles. The Hall–Kier alpha value is -3.72. The van der Waals surface area contributed by atoms with E-state index in [1.807, 2.05) is 30.3 Å². The van der Waals surface area contributed by atoms with Gasteiger partial charge in [-0.25, -0.2) is 12.8 Å². The van der Waals surface area contributed by atoms with Crippen molar-refractivity contribution in [2.45, 2.75) is 31.2 Å². The van der Waals surface area contributed by atoms with Gasteiger partial charge in [0, 0.05) is 13.1 Å². The first-order valence-corrected chi connectivity index (χ1v) is 13.1. The standard InChI is InChI=1S/C27H30FN3O4S/c1-3-29-27(33)21(2)30(19-18-22-12-6-4-7-13-22)26(32)20-31(25-17-11-10-16-24(25)28)36(34,35)23-14-8-5-9-15-23/h4-17,21H,3,18-20H2,1-2H3,(H,29,33)/t21-/m0/s1. The summed E-state index contributed by atoms with van der Waals surface area (Å²) in [6, 6.07) is 21.5. The average molecular weight is 512 g/mol. The number of amides is 2. The van der Waals surface area contributed by atoms with Crippen molar-refractivity contribution in [2.24, 2.45) is 0 Å². The summed E-state index contributed by atoms with van der Waals surface area (Å²) in [6.45, 7) is 3.25. The molecule has 0 saturated heterocycles. The summed E-state index contributed by atoms with van der Waals surface area (Å²) in [5, 5.41) is 2.70. The van der Waals surface area contributed by atoms with Gasteiger partial charge in [-0.05, 0) is 50.1 Å². The molecule has 0 radical (unpaired) electrons. The van der Waals surface area contributed by atoms with Crippen molar-refractivity contribution >= 4 is 27.5 Å². The zero-order chi connectivity index (χ0) is 26.1. The minimum absolute atomic E-state index is 0.0753. The first-order valence-electron chi connectivity index (χ1n) is 11.7. The molecular formula is C27H30FN3O4S. The second-order valence-electron chi connectivity index (χ2n) is 8.17. The fraction of sp³-hybridized carbons (Fsp3) is 0.259. The minimum atomic E-state index is -4.28. The molecule has 36 heavy (non-hydrogen) atoms. The minimum Gasteiger partial charge on any atom is -0.355 e. The Morgan fingerprint density at radius 3 is 2.11 bits per heavy atom. The molecule has 1 N–H and O–H groups in total. The number of anilines is 1. The second-order valence-corrected chi connectivity index (χ2v) is 10.0. The summed E-state index contributed by atoms with van der Waals surface area (Å²) in [6.07, 6.45) is 0.460. The van der Waals surface area contributed by atoms with Crippen molar-refractivity contribution in [1.29, 1.82) is 0 Å². The van der Waals surface area contributed by atoms with Crippen LogP contribution in [0.2, 0.25) is 0 Å². The number of carbonyl (C=O) groups is 2. The molecule has 2 amide bonds. The Morgan fingerprint density at radius 2 is 1.50 bits per heavy atom. The molecule has 0 fully saturated rings. The predicted molar refractivity (Wildman–Crippen MR) is 137 cm³/mol. The highest BCUT2D eigenvalue weighted by Gasteiger charge is 2.33. The quantitative estimate of drug-likeness (QED) is 0.426. The molecule has 0 bridgehead atoms. The number of hydrogen-bond donors (Lipinski definition) is 1. The number of para-hydroxylation sites is 1. The normalized spacial score (nSPS) is 12.0. The highest BCUT2D eigenvalue weighted by molar-refractivity contribution is 7.92. The zero-order valence-corrected chi connectivity index (χ0v) is 21.1.